The molecule has 1 aromatic carbocycles. The van der Waals surface area contributed by atoms with Crippen LogP contribution in [0, 0.1) is 6.92 Å². The highest BCUT2D eigenvalue weighted by molar-refractivity contribution is 5.73. The van der Waals surface area contributed by atoms with E-state index in [0.29, 0.717) is 18.9 Å². The van der Waals surface area contributed by atoms with Gasteiger partial charge >= 0.3 is 0 Å². The number of aliphatic hydroxyl groups is 2. The van der Waals surface area contributed by atoms with Gasteiger partial charge in [-0.1, -0.05) is 31.6 Å². The Balaban J connectivity index is 2.27. The fourth-order valence-corrected chi connectivity index (χ4v) is 3.64. The van der Waals surface area contributed by atoms with Crippen LogP contribution < -0.4 is 4.74 Å². The minimum atomic E-state index is -0.554. The first kappa shape index (κ1) is 23.9. The maximum absolute atomic E-state index is 10.1. The number of hydrogen-bond donors (Lipinski definition) is 2. The molecule has 1 aliphatic heterocycles. The molecule has 29 heavy (non-hydrogen) atoms. The van der Waals surface area contributed by atoms with E-state index < -0.39 is 12.4 Å². The van der Waals surface area contributed by atoms with E-state index in [9.17, 15) is 10.2 Å². The smallest absolute Gasteiger partial charge is 0.202 e. The first-order valence-corrected chi connectivity index (χ1v) is 11.0. The molecule has 1 heterocycles. The fourth-order valence-electron chi connectivity index (χ4n) is 3.64. The summed E-state index contributed by atoms with van der Waals surface area (Å²) in [6.45, 7) is 9.59. The summed E-state index contributed by atoms with van der Waals surface area (Å²) in [5.41, 5.74) is 3.59. The highest BCUT2D eigenvalue weighted by atomic mass is 16.7. The summed E-state index contributed by atoms with van der Waals surface area (Å²) >= 11 is 0. The molecule has 2 rings (SSSR count). The first-order chi connectivity index (χ1) is 13.8. The molecule has 1 saturated heterocycles. The molecular formula is C24H39NO4. The molecule has 164 valence electrons. The Kier molecular flexibility index (Phi) is 9.63. The number of aliphatic hydroxyl groups excluding tert-OH is 2. The van der Waals surface area contributed by atoms with E-state index in [2.05, 4.69) is 51.8 Å². The van der Waals surface area contributed by atoms with Gasteiger partial charge in [-0.05, 0) is 57.9 Å². The molecule has 0 spiro atoms. The van der Waals surface area contributed by atoms with Crippen molar-refractivity contribution in [1.29, 1.82) is 0 Å². The van der Waals surface area contributed by atoms with Crippen molar-refractivity contribution in [3.8, 4) is 5.75 Å². The maximum Gasteiger partial charge on any atom is 0.202 e. The predicted molar refractivity (Wildman–Crippen MR) is 118 cm³/mol. The molecule has 3 atom stereocenters. The van der Waals surface area contributed by atoms with Crippen molar-refractivity contribution in [3.63, 3.8) is 0 Å². The molecule has 5 heteroatoms. The Morgan fingerprint density at radius 3 is 2.76 bits per heavy atom. The lowest BCUT2D eigenvalue weighted by Gasteiger charge is -2.33. The van der Waals surface area contributed by atoms with Crippen LogP contribution in [-0.4, -0.2) is 59.9 Å². The number of benzene rings is 1. The molecule has 0 bridgehead atoms. The van der Waals surface area contributed by atoms with Crippen LogP contribution in [0.5, 0.6) is 5.75 Å². The quantitative estimate of drug-likeness (QED) is 0.612. The maximum atomic E-state index is 10.1. The van der Waals surface area contributed by atoms with Crippen molar-refractivity contribution in [2.24, 2.45) is 0 Å². The monoisotopic (exact) mass is 405 g/mol. The number of nitrogens with zero attached hydrogens (tertiary/aromatic N) is 1. The van der Waals surface area contributed by atoms with Gasteiger partial charge in [-0.15, -0.1) is 0 Å². The summed E-state index contributed by atoms with van der Waals surface area (Å²) in [6.07, 6.45) is 4.80. The molecule has 0 aliphatic carbocycles. The van der Waals surface area contributed by atoms with E-state index in [-0.39, 0.29) is 12.7 Å². The van der Waals surface area contributed by atoms with Gasteiger partial charge in [0.2, 0.25) is 6.29 Å². The first-order valence-electron chi connectivity index (χ1n) is 11.0. The standard InChI is InChI=1S/C24H39NO4/c1-6-7-10-19(12-13-25(5)17(2)3)24-18(4)9-8-11-22(24)29-23-15-20(27)14-21(16-26)28-23/h8-11,17,20-21,23,26-27H,6-7,12-16H2,1-5H3/b19-10-. The Hall–Kier alpha value is -1.40. The van der Waals surface area contributed by atoms with Crippen molar-refractivity contribution in [2.75, 3.05) is 20.2 Å². The molecule has 0 saturated carbocycles. The van der Waals surface area contributed by atoms with Gasteiger partial charge in [0.15, 0.2) is 0 Å². The van der Waals surface area contributed by atoms with Gasteiger partial charge in [-0.2, -0.15) is 0 Å². The summed E-state index contributed by atoms with van der Waals surface area (Å²) in [4.78, 5) is 2.35. The van der Waals surface area contributed by atoms with E-state index in [0.717, 1.165) is 37.1 Å². The second-order valence-electron chi connectivity index (χ2n) is 8.40. The van der Waals surface area contributed by atoms with E-state index >= 15 is 0 Å². The summed E-state index contributed by atoms with van der Waals surface area (Å²) in [5, 5.41) is 19.6. The number of aryl methyl sites for hydroxylation is 1. The number of unbranched alkanes of at least 4 members (excludes halogenated alkanes) is 1. The van der Waals surface area contributed by atoms with Crippen LogP contribution in [0.2, 0.25) is 0 Å². The Morgan fingerprint density at radius 2 is 2.10 bits per heavy atom. The van der Waals surface area contributed by atoms with Crippen LogP contribution in [0.25, 0.3) is 5.57 Å². The molecule has 0 aromatic heterocycles. The van der Waals surface area contributed by atoms with Crippen molar-refractivity contribution in [2.45, 2.75) is 84.3 Å². The zero-order valence-electron chi connectivity index (χ0n) is 18.7. The van der Waals surface area contributed by atoms with Crippen LogP contribution in [-0.2, 0) is 4.74 Å². The molecule has 1 aliphatic rings. The second kappa shape index (κ2) is 11.7. The fraction of sp³-hybridized carbons (Fsp3) is 0.667. The predicted octanol–water partition coefficient (Wildman–Crippen LogP) is 4.15. The highest BCUT2D eigenvalue weighted by Crippen LogP contribution is 2.34. The SMILES string of the molecule is CCC/C=C(/CCN(C)C(C)C)c1c(C)cccc1OC1CC(O)CC(CO)O1. The topological polar surface area (TPSA) is 62.2 Å². The van der Waals surface area contributed by atoms with Gasteiger partial charge in [0.1, 0.15) is 5.75 Å². The number of rotatable bonds is 10. The molecular weight excluding hydrogens is 366 g/mol. The average molecular weight is 406 g/mol. The van der Waals surface area contributed by atoms with Crippen LogP contribution in [0.1, 0.15) is 64.0 Å². The summed E-state index contributed by atoms with van der Waals surface area (Å²) in [5.74, 6) is 0.787. The average Bonchev–Trinajstić information content (AvgIpc) is 2.68. The largest absolute Gasteiger partial charge is 0.464 e. The van der Waals surface area contributed by atoms with E-state index in [1.807, 2.05) is 12.1 Å². The Morgan fingerprint density at radius 1 is 1.34 bits per heavy atom. The van der Waals surface area contributed by atoms with E-state index in [4.69, 9.17) is 9.47 Å². The lowest BCUT2D eigenvalue weighted by Crippen LogP contribution is -2.40. The molecule has 1 aromatic rings. The van der Waals surface area contributed by atoms with Crippen LogP contribution in [0.4, 0.5) is 0 Å². The van der Waals surface area contributed by atoms with Crippen LogP contribution in [0.15, 0.2) is 24.3 Å². The second-order valence-corrected chi connectivity index (χ2v) is 8.40. The number of allylic oxidation sites excluding steroid dienone is 1. The van der Waals surface area contributed by atoms with E-state index in [1.165, 1.54) is 11.1 Å². The van der Waals surface area contributed by atoms with Gasteiger partial charge in [0.25, 0.3) is 0 Å². The molecule has 0 radical (unpaired) electrons. The molecule has 2 N–H and O–H groups in total. The minimum absolute atomic E-state index is 0.110. The van der Waals surface area contributed by atoms with Crippen molar-refractivity contribution in [1.82, 2.24) is 4.90 Å². The molecule has 3 unspecified atom stereocenters. The Labute approximate surface area is 176 Å². The highest BCUT2D eigenvalue weighted by Gasteiger charge is 2.30. The third-order valence-corrected chi connectivity index (χ3v) is 5.66. The van der Waals surface area contributed by atoms with Crippen molar-refractivity contribution in [3.05, 3.63) is 35.4 Å². The summed E-state index contributed by atoms with van der Waals surface area (Å²) in [7, 11) is 2.16. The number of hydrogen-bond acceptors (Lipinski definition) is 5. The lowest BCUT2D eigenvalue weighted by molar-refractivity contribution is -0.184. The van der Waals surface area contributed by atoms with Gasteiger partial charge in [-0.3, -0.25) is 0 Å². The van der Waals surface area contributed by atoms with E-state index in [1.54, 1.807) is 0 Å². The minimum Gasteiger partial charge on any atom is -0.464 e. The lowest BCUT2D eigenvalue weighted by atomic mass is 9.95. The third kappa shape index (κ3) is 7.10. The summed E-state index contributed by atoms with van der Waals surface area (Å²) in [6, 6.07) is 6.59. The normalized spacial score (nSPS) is 23.1. The number of ether oxygens (including phenoxy) is 2. The molecule has 5 nitrogen and oxygen atoms in total. The van der Waals surface area contributed by atoms with Crippen molar-refractivity contribution >= 4 is 5.57 Å². The third-order valence-electron chi connectivity index (χ3n) is 5.66. The zero-order valence-corrected chi connectivity index (χ0v) is 18.7. The van der Waals surface area contributed by atoms with Gasteiger partial charge < -0.3 is 24.6 Å². The van der Waals surface area contributed by atoms with Gasteiger partial charge in [-0.25, -0.2) is 0 Å². The van der Waals surface area contributed by atoms with Gasteiger partial charge in [0.05, 0.1) is 18.8 Å². The molecule has 0 amide bonds. The van der Waals surface area contributed by atoms with Crippen molar-refractivity contribution < 1.29 is 19.7 Å². The zero-order chi connectivity index (χ0) is 21.4. The summed E-state index contributed by atoms with van der Waals surface area (Å²) < 4.78 is 12.1. The van der Waals surface area contributed by atoms with Crippen LogP contribution >= 0.6 is 0 Å². The molecule has 1 fully saturated rings. The Bertz CT molecular complexity index is 658. The van der Waals surface area contributed by atoms with Gasteiger partial charge in [0, 0.05) is 31.0 Å². The van der Waals surface area contributed by atoms with Crippen LogP contribution in [0.3, 0.4) is 0 Å².